The van der Waals surface area contributed by atoms with Gasteiger partial charge in [0.2, 0.25) is 0 Å². The smallest absolute Gasteiger partial charge is 0.0766 e. The molecule has 1 atom stereocenters. The lowest BCUT2D eigenvalue weighted by Crippen LogP contribution is -2.36. The van der Waals surface area contributed by atoms with Crippen LogP contribution in [0.3, 0.4) is 0 Å². The number of halogens is 2. The van der Waals surface area contributed by atoms with Gasteiger partial charge in [-0.3, -0.25) is 4.68 Å². The predicted molar refractivity (Wildman–Crippen MR) is 80.3 cm³/mol. The van der Waals surface area contributed by atoms with Gasteiger partial charge in [0, 0.05) is 24.4 Å². The minimum atomic E-state index is 0.222. The van der Waals surface area contributed by atoms with Gasteiger partial charge in [0.25, 0.3) is 0 Å². The summed E-state index contributed by atoms with van der Waals surface area (Å²) >= 11 is 7.38. The zero-order chi connectivity index (χ0) is 13.2. The molecule has 0 aliphatic carbocycles. The molecule has 1 unspecified atom stereocenters. The van der Waals surface area contributed by atoms with Crippen molar-refractivity contribution in [1.29, 1.82) is 0 Å². The van der Waals surface area contributed by atoms with Crippen molar-refractivity contribution in [3.63, 3.8) is 0 Å². The molecule has 0 spiro atoms. The number of nitrogens with zero attached hydrogens (tertiary/aromatic N) is 2. The highest BCUT2D eigenvalue weighted by Gasteiger charge is 2.34. The largest absolute Gasteiger partial charge is 0.381 e. The number of alkyl halides is 1. The minimum Gasteiger partial charge on any atom is -0.381 e. The van der Waals surface area contributed by atoms with Crippen molar-refractivity contribution in [1.82, 2.24) is 9.78 Å². The number of aryl methyl sites for hydroxylation is 2. The summed E-state index contributed by atoms with van der Waals surface area (Å²) in [6, 6.07) is 0. The first-order valence-corrected chi connectivity index (χ1v) is 8.37. The molecule has 0 saturated carbocycles. The van der Waals surface area contributed by atoms with E-state index in [2.05, 4.69) is 43.9 Å². The Morgan fingerprint density at radius 3 is 2.78 bits per heavy atom. The van der Waals surface area contributed by atoms with E-state index in [4.69, 9.17) is 4.74 Å². The molecule has 1 aliphatic heterocycles. The Labute approximate surface area is 126 Å². The standard InChI is InChI=1S/C13H20Br2N2O/c1-3-10-12(15)11(17(2)16-10)7-13(8-14)5-4-6-18-9-13/h3-9H2,1-2H3. The maximum absolute atomic E-state index is 5.69. The number of aromatic nitrogens is 2. The summed E-state index contributed by atoms with van der Waals surface area (Å²) in [6.45, 7) is 3.89. The van der Waals surface area contributed by atoms with Crippen LogP contribution in [0.4, 0.5) is 0 Å². The van der Waals surface area contributed by atoms with Gasteiger partial charge in [-0.1, -0.05) is 22.9 Å². The van der Waals surface area contributed by atoms with E-state index >= 15 is 0 Å². The lowest BCUT2D eigenvalue weighted by molar-refractivity contribution is 0.00520. The molecule has 1 fully saturated rings. The van der Waals surface area contributed by atoms with E-state index in [9.17, 15) is 0 Å². The highest BCUT2D eigenvalue weighted by Crippen LogP contribution is 2.36. The van der Waals surface area contributed by atoms with Gasteiger partial charge in [-0.2, -0.15) is 5.10 Å². The average molecular weight is 380 g/mol. The van der Waals surface area contributed by atoms with Crippen molar-refractivity contribution in [2.24, 2.45) is 12.5 Å². The van der Waals surface area contributed by atoms with Crippen LogP contribution in [0.2, 0.25) is 0 Å². The average Bonchev–Trinajstić information content (AvgIpc) is 2.67. The fourth-order valence-corrected chi connectivity index (χ4v) is 3.97. The van der Waals surface area contributed by atoms with Gasteiger partial charge in [-0.15, -0.1) is 0 Å². The van der Waals surface area contributed by atoms with Gasteiger partial charge in [-0.25, -0.2) is 0 Å². The second-order valence-corrected chi connectivity index (χ2v) is 6.50. The van der Waals surface area contributed by atoms with E-state index in [0.717, 1.165) is 43.5 Å². The lowest BCUT2D eigenvalue weighted by atomic mass is 9.80. The molecule has 1 aliphatic rings. The van der Waals surface area contributed by atoms with Crippen molar-refractivity contribution < 1.29 is 4.74 Å². The predicted octanol–water partition coefficient (Wildman–Crippen LogP) is 3.48. The van der Waals surface area contributed by atoms with E-state index in [0.29, 0.717) is 0 Å². The Hall–Kier alpha value is 0.130. The number of hydrogen-bond donors (Lipinski definition) is 0. The topological polar surface area (TPSA) is 27.1 Å². The zero-order valence-electron chi connectivity index (χ0n) is 11.0. The molecule has 1 aromatic rings. The van der Waals surface area contributed by atoms with Crippen LogP contribution in [0, 0.1) is 5.41 Å². The normalized spacial score (nSPS) is 24.4. The van der Waals surface area contributed by atoms with Crippen LogP contribution >= 0.6 is 31.9 Å². The third kappa shape index (κ3) is 2.83. The van der Waals surface area contributed by atoms with Crippen LogP contribution in [0.25, 0.3) is 0 Å². The SMILES string of the molecule is CCc1nn(C)c(CC2(CBr)CCCOC2)c1Br. The number of ether oxygens (including phenoxy) is 1. The molecule has 0 N–H and O–H groups in total. The van der Waals surface area contributed by atoms with E-state index in [-0.39, 0.29) is 5.41 Å². The van der Waals surface area contributed by atoms with Gasteiger partial charge >= 0.3 is 0 Å². The first-order chi connectivity index (χ1) is 8.62. The third-order valence-electron chi connectivity index (χ3n) is 3.73. The first kappa shape index (κ1) is 14.5. The van der Waals surface area contributed by atoms with Crippen molar-refractivity contribution >= 4 is 31.9 Å². The molecule has 102 valence electrons. The van der Waals surface area contributed by atoms with Crippen molar-refractivity contribution in [2.75, 3.05) is 18.5 Å². The second kappa shape index (κ2) is 6.06. The van der Waals surface area contributed by atoms with Crippen LogP contribution in [-0.2, 0) is 24.6 Å². The Bertz CT molecular complexity index is 411. The molecular weight excluding hydrogens is 360 g/mol. The monoisotopic (exact) mass is 378 g/mol. The molecule has 0 bridgehead atoms. The zero-order valence-corrected chi connectivity index (χ0v) is 14.2. The van der Waals surface area contributed by atoms with Crippen molar-refractivity contribution in [3.8, 4) is 0 Å². The third-order valence-corrected chi connectivity index (χ3v) is 5.84. The van der Waals surface area contributed by atoms with Crippen LogP contribution < -0.4 is 0 Å². The van der Waals surface area contributed by atoms with Crippen molar-refractivity contribution in [2.45, 2.75) is 32.6 Å². The quantitative estimate of drug-likeness (QED) is 0.749. The maximum Gasteiger partial charge on any atom is 0.0766 e. The highest BCUT2D eigenvalue weighted by molar-refractivity contribution is 9.10. The first-order valence-electron chi connectivity index (χ1n) is 6.46. The minimum absolute atomic E-state index is 0.222. The molecule has 0 aromatic carbocycles. The van der Waals surface area contributed by atoms with Crippen LogP contribution in [0.5, 0.6) is 0 Å². The highest BCUT2D eigenvalue weighted by atomic mass is 79.9. The summed E-state index contributed by atoms with van der Waals surface area (Å²) in [5.74, 6) is 0. The van der Waals surface area contributed by atoms with Gasteiger partial charge in [0.15, 0.2) is 0 Å². The summed E-state index contributed by atoms with van der Waals surface area (Å²) in [4.78, 5) is 0. The van der Waals surface area contributed by atoms with Crippen molar-refractivity contribution in [3.05, 3.63) is 15.9 Å². The van der Waals surface area contributed by atoms with Gasteiger partial charge < -0.3 is 4.74 Å². The van der Waals surface area contributed by atoms with Crippen LogP contribution in [-0.4, -0.2) is 28.3 Å². The molecule has 1 aromatic heterocycles. The fourth-order valence-electron chi connectivity index (χ4n) is 2.57. The molecule has 5 heteroatoms. The van der Waals surface area contributed by atoms with E-state index in [1.165, 1.54) is 16.6 Å². The Balaban J connectivity index is 2.24. The van der Waals surface area contributed by atoms with E-state index in [1.54, 1.807) is 0 Å². The summed E-state index contributed by atoms with van der Waals surface area (Å²) in [7, 11) is 2.03. The maximum atomic E-state index is 5.69. The van der Waals surface area contributed by atoms with Gasteiger partial charge in [0.1, 0.15) is 0 Å². The Kier molecular flexibility index (Phi) is 4.89. The van der Waals surface area contributed by atoms with E-state index < -0.39 is 0 Å². The van der Waals surface area contributed by atoms with Gasteiger partial charge in [-0.05, 0) is 41.6 Å². The molecule has 2 heterocycles. The Morgan fingerprint density at radius 2 is 2.28 bits per heavy atom. The molecule has 0 amide bonds. The van der Waals surface area contributed by atoms with Crippen LogP contribution in [0.1, 0.15) is 31.2 Å². The molecular formula is C13H20Br2N2O. The Morgan fingerprint density at radius 1 is 1.50 bits per heavy atom. The molecule has 3 nitrogen and oxygen atoms in total. The number of hydrogen-bond acceptors (Lipinski definition) is 2. The summed E-state index contributed by atoms with van der Waals surface area (Å²) in [6.07, 6.45) is 4.35. The second-order valence-electron chi connectivity index (χ2n) is 5.15. The summed E-state index contributed by atoms with van der Waals surface area (Å²) in [5.41, 5.74) is 2.66. The molecule has 0 radical (unpaired) electrons. The lowest BCUT2D eigenvalue weighted by Gasteiger charge is -2.35. The van der Waals surface area contributed by atoms with Crippen LogP contribution in [0.15, 0.2) is 4.47 Å². The fraction of sp³-hybridized carbons (Fsp3) is 0.769. The summed E-state index contributed by atoms with van der Waals surface area (Å²) < 4.78 is 8.88. The van der Waals surface area contributed by atoms with E-state index in [1.807, 2.05) is 11.7 Å². The van der Waals surface area contributed by atoms with Gasteiger partial charge in [0.05, 0.1) is 22.5 Å². The molecule has 2 rings (SSSR count). The molecule has 1 saturated heterocycles. The molecule has 18 heavy (non-hydrogen) atoms. The number of rotatable bonds is 4. The summed E-state index contributed by atoms with van der Waals surface area (Å²) in [5, 5.41) is 5.56.